The minimum absolute atomic E-state index is 0.227. The molecule has 0 radical (unpaired) electrons. The first kappa shape index (κ1) is 13.8. The van der Waals surface area contributed by atoms with Crippen molar-refractivity contribution in [2.75, 3.05) is 0 Å². The van der Waals surface area contributed by atoms with E-state index in [9.17, 15) is 4.79 Å². The number of rotatable bonds is 3. The molecule has 104 valence electrons. The molecule has 1 heterocycles. The van der Waals surface area contributed by atoms with Gasteiger partial charge >= 0.3 is 0 Å². The molecule has 3 rings (SSSR count). The Kier molecular flexibility index (Phi) is 3.73. The van der Waals surface area contributed by atoms with Gasteiger partial charge in [-0.1, -0.05) is 52.7 Å². The lowest BCUT2D eigenvalue weighted by atomic mass is 10.1. The van der Waals surface area contributed by atoms with Crippen molar-refractivity contribution in [3.63, 3.8) is 0 Å². The Bertz CT molecular complexity index is 800. The van der Waals surface area contributed by atoms with E-state index in [0.717, 1.165) is 5.69 Å². The summed E-state index contributed by atoms with van der Waals surface area (Å²) in [4.78, 5) is 12.6. The van der Waals surface area contributed by atoms with Gasteiger partial charge < -0.3 is 0 Å². The van der Waals surface area contributed by atoms with Crippen LogP contribution in [0.2, 0.25) is 10.0 Å². The first-order valence-electron chi connectivity index (χ1n) is 6.13. The lowest BCUT2D eigenvalue weighted by molar-refractivity contribution is 0.103. The Hall–Kier alpha value is -2.17. The highest BCUT2D eigenvalue weighted by Gasteiger charge is 2.20. The van der Waals surface area contributed by atoms with Crippen LogP contribution in [0.1, 0.15) is 16.1 Å². The first-order valence-corrected chi connectivity index (χ1v) is 6.89. The molecule has 0 aliphatic carbocycles. The molecule has 21 heavy (non-hydrogen) atoms. The molecule has 2 aromatic carbocycles. The average Bonchev–Trinajstić information content (AvgIpc) is 3.00. The molecule has 3 aromatic rings. The molecule has 0 aliphatic rings. The summed E-state index contributed by atoms with van der Waals surface area (Å²) in [5.41, 5.74) is 1.39. The standard InChI is InChI=1S/C15H9Cl2N3O/c16-12-8-4-7-11(14(12)17)15(21)13-9-18-19-20(13)10-5-2-1-3-6-10/h1-9H. The molecule has 0 fully saturated rings. The van der Waals surface area contributed by atoms with Gasteiger partial charge in [-0.25, -0.2) is 4.68 Å². The van der Waals surface area contributed by atoms with Crippen LogP contribution >= 0.6 is 23.2 Å². The van der Waals surface area contributed by atoms with Gasteiger partial charge in [-0.3, -0.25) is 4.79 Å². The lowest BCUT2D eigenvalue weighted by Gasteiger charge is -2.07. The van der Waals surface area contributed by atoms with Crippen molar-refractivity contribution in [2.24, 2.45) is 0 Å². The molecule has 0 saturated carbocycles. The number of carbonyl (C=O) groups excluding carboxylic acids is 1. The molecule has 0 atom stereocenters. The molecule has 0 bridgehead atoms. The van der Waals surface area contributed by atoms with Gasteiger partial charge in [-0.2, -0.15) is 0 Å². The quantitative estimate of drug-likeness (QED) is 0.690. The van der Waals surface area contributed by atoms with E-state index in [0.29, 0.717) is 16.3 Å². The summed E-state index contributed by atoms with van der Waals surface area (Å²) in [6.07, 6.45) is 1.41. The SMILES string of the molecule is O=C(c1cccc(Cl)c1Cl)c1cnnn1-c1ccccc1. The smallest absolute Gasteiger partial charge is 0.214 e. The highest BCUT2D eigenvalue weighted by Crippen LogP contribution is 2.27. The molecule has 0 saturated heterocycles. The maximum atomic E-state index is 12.6. The van der Waals surface area contributed by atoms with Crippen LogP contribution in [0.3, 0.4) is 0 Å². The second-order valence-corrected chi connectivity index (χ2v) is 5.08. The van der Waals surface area contributed by atoms with Gasteiger partial charge in [-0.05, 0) is 24.3 Å². The van der Waals surface area contributed by atoms with Crippen LogP contribution in [0.5, 0.6) is 0 Å². The molecular formula is C15H9Cl2N3O. The number of aromatic nitrogens is 3. The van der Waals surface area contributed by atoms with E-state index in [1.165, 1.54) is 10.9 Å². The number of halogens is 2. The summed E-state index contributed by atoms with van der Waals surface area (Å²) in [5, 5.41) is 8.33. The molecule has 6 heteroatoms. The Morgan fingerprint density at radius 1 is 1.00 bits per heavy atom. The fraction of sp³-hybridized carbons (Fsp3) is 0. The van der Waals surface area contributed by atoms with E-state index in [2.05, 4.69) is 10.3 Å². The zero-order valence-electron chi connectivity index (χ0n) is 10.7. The second-order valence-electron chi connectivity index (χ2n) is 4.30. The zero-order valence-corrected chi connectivity index (χ0v) is 12.2. The third-order valence-electron chi connectivity index (χ3n) is 2.98. The van der Waals surface area contributed by atoms with E-state index < -0.39 is 0 Å². The molecular weight excluding hydrogens is 309 g/mol. The van der Waals surface area contributed by atoms with E-state index in [4.69, 9.17) is 23.2 Å². The van der Waals surface area contributed by atoms with Crippen LogP contribution in [0.25, 0.3) is 5.69 Å². The molecule has 0 unspecified atom stereocenters. The van der Waals surface area contributed by atoms with Gasteiger partial charge in [0, 0.05) is 5.56 Å². The Morgan fingerprint density at radius 2 is 1.76 bits per heavy atom. The average molecular weight is 318 g/mol. The van der Waals surface area contributed by atoms with Crippen molar-refractivity contribution in [1.29, 1.82) is 0 Å². The van der Waals surface area contributed by atoms with Crippen molar-refractivity contribution in [3.8, 4) is 5.69 Å². The normalized spacial score (nSPS) is 10.6. The third-order valence-corrected chi connectivity index (χ3v) is 3.80. The number of hydrogen-bond donors (Lipinski definition) is 0. The van der Waals surface area contributed by atoms with Crippen LogP contribution in [0.4, 0.5) is 0 Å². The molecule has 1 aromatic heterocycles. The number of para-hydroxylation sites is 1. The van der Waals surface area contributed by atoms with Gasteiger partial charge in [0.05, 0.1) is 21.9 Å². The van der Waals surface area contributed by atoms with Crippen LogP contribution in [-0.2, 0) is 0 Å². The van der Waals surface area contributed by atoms with Crippen molar-refractivity contribution in [3.05, 3.63) is 76.0 Å². The van der Waals surface area contributed by atoms with Gasteiger partial charge in [0.2, 0.25) is 5.78 Å². The van der Waals surface area contributed by atoms with E-state index >= 15 is 0 Å². The van der Waals surface area contributed by atoms with E-state index in [1.807, 2.05) is 30.3 Å². The summed E-state index contributed by atoms with van der Waals surface area (Å²) in [7, 11) is 0. The zero-order chi connectivity index (χ0) is 14.8. The van der Waals surface area contributed by atoms with Crippen LogP contribution < -0.4 is 0 Å². The van der Waals surface area contributed by atoms with Crippen molar-refractivity contribution >= 4 is 29.0 Å². The molecule has 0 amide bonds. The fourth-order valence-corrected chi connectivity index (χ4v) is 2.35. The third kappa shape index (κ3) is 2.55. The van der Waals surface area contributed by atoms with Crippen molar-refractivity contribution < 1.29 is 4.79 Å². The number of benzene rings is 2. The summed E-state index contributed by atoms with van der Waals surface area (Å²) < 4.78 is 1.47. The summed E-state index contributed by atoms with van der Waals surface area (Å²) in [6, 6.07) is 14.2. The fourth-order valence-electron chi connectivity index (χ4n) is 1.97. The summed E-state index contributed by atoms with van der Waals surface area (Å²) >= 11 is 12.1. The van der Waals surface area contributed by atoms with Gasteiger partial charge in [0.1, 0.15) is 5.69 Å². The van der Waals surface area contributed by atoms with Crippen molar-refractivity contribution in [1.82, 2.24) is 15.0 Å². The molecule has 0 N–H and O–H groups in total. The predicted molar refractivity (Wildman–Crippen MR) is 81.3 cm³/mol. The minimum atomic E-state index is -0.281. The van der Waals surface area contributed by atoms with Gasteiger partial charge in [-0.15, -0.1) is 5.10 Å². The molecule has 4 nitrogen and oxygen atoms in total. The minimum Gasteiger partial charge on any atom is -0.287 e. The topological polar surface area (TPSA) is 47.8 Å². The molecule has 0 spiro atoms. The van der Waals surface area contributed by atoms with E-state index in [1.54, 1.807) is 18.2 Å². The van der Waals surface area contributed by atoms with Crippen LogP contribution in [0.15, 0.2) is 54.7 Å². The number of ketones is 1. The number of nitrogens with zero attached hydrogens (tertiary/aromatic N) is 3. The monoisotopic (exact) mass is 317 g/mol. The van der Waals surface area contributed by atoms with Crippen LogP contribution in [-0.4, -0.2) is 20.8 Å². The lowest BCUT2D eigenvalue weighted by Crippen LogP contribution is -2.10. The van der Waals surface area contributed by atoms with Gasteiger partial charge in [0.15, 0.2) is 0 Å². The number of hydrogen-bond acceptors (Lipinski definition) is 3. The Labute approximate surface area is 130 Å². The molecule has 0 aliphatic heterocycles. The highest BCUT2D eigenvalue weighted by molar-refractivity contribution is 6.44. The van der Waals surface area contributed by atoms with E-state index in [-0.39, 0.29) is 10.8 Å². The van der Waals surface area contributed by atoms with Crippen LogP contribution in [0, 0.1) is 0 Å². The highest BCUT2D eigenvalue weighted by atomic mass is 35.5. The second kappa shape index (κ2) is 5.68. The maximum Gasteiger partial charge on any atom is 0.214 e. The first-order chi connectivity index (χ1) is 10.2. The number of carbonyl (C=O) groups is 1. The Morgan fingerprint density at radius 3 is 2.52 bits per heavy atom. The van der Waals surface area contributed by atoms with Crippen molar-refractivity contribution in [2.45, 2.75) is 0 Å². The summed E-state index contributed by atoms with van der Waals surface area (Å²) in [6.45, 7) is 0. The van der Waals surface area contributed by atoms with Gasteiger partial charge in [0.25, 0.3) is 0 Å². The summed E-state index contributed by atoms with van der Waals surface area (Å²) in [5.74, 6) is -0.281. The maximum absolute atomic E-state index is 12.6. The predicted octanol–water partition coefficient (Wildman–Crippen LogP) is 3.81. The Balaban J connectivity index is 2.08. The largest absolute Gasteiger partial charge is 0.287 e.